The SMILES string of the molecule is COc1ccc([C@@H](C)NCC2(CO)CC2)c(Br)c1. The molecule has 1 aliphatic carbocycles. The summed E-state index contributed by atoms with van der Waals surface area (Å²) in [6.07, 6.45) is 2.26. The van der Waals surface area contributed by atoms with Gasteiger partial charge in [-0.3, -0.25) is 0 Å². The Kier molecular flexibility index (Phi) is 4.30. The lowest BCUT2D eigenvalue weighted by Gasteiger charge is -2.20. The minimum Gasteiger partial charge on any atom is -0.497 e. The van der Waals surface area contributed by atoms with Gasteiger partial charge in [-0.25, -0.2) is 0 Å². The number of aliphatic hydroxyl groups is 1. The van der Waals surface area contributed by atoms with Gasteiger partial charge in [0.1, 0.15) is 5.75 Å². The molecule has 0 aliphatic heterocycles. The van der Waals surface area contributed by atoms with Crippen molar-refractivity contribution in [3.05, 3.63) is 28.2 Å². The Labute approximate surface area is 117 Å². The molecule has 1 aliphatic rings. The van der Waals surface area contributed by atoms with Crippen LogP contribution < -0.4 is 10.1 Å². The molecule has 1 saturated carbocycles. The third-order valence-corrected chi connectivity index (χ3v) is 4.44. The molecule has 0 aromatic heterocycles. The molecule has 1 fully saturated rings. The molecular weight excluding hydrogens is 294 g/mol. The fraction of sp³-hybridized carbons (Fsp3) is 0.571. The zero-order valence-corrected chi connectivity index (χ0v) is 12.5. The molecule has 0 bridgehead atoms. The molecule has 0 spiro atoms. The lowest BCUT2D eigenvalue weighted by molar-refractivity contribution is 0.204. The van der Waals surface area contributed by atoms with E-state index in [0.29, 0.717) is 0 Å². The Hall–Kier alpha value is -0.580. The Bertz CT molecular complexity index is 418. The van der Waals surface area contributed by atoms with Crippen LogP contribution in [0.15, 0.2) is 22.7 Å². The zero-order chi connectivity index (χ0) is 13.2. The van der Waals surface area contributed by atoms with Gasteiger partial charge in [0, 0.05) is 29.1 Å². The van der Waals surface area contributed by atoms with Gasteiger partial charge in [-0.15, -0.1) is 0 Å². The number of nitrogens with one attached hydrogen (secondary N) is 1. The second kappa shape index (κ2) is 5.59. The molecule has 0 saturated heterocycles. The minimum absolute atomic E-state index is 0.146. The van der Waals surface area contributed by atoms with E-state index in [4.69, 9.17) is 4.74 Å². The highest BCUT2D eigenvalue weighted by Gasteiger charge is 2.41. The fourth-order valence-corrected chi connectivity index (χ4v) is 2.73. The Balaban J connectivity index is 1.98. The van der Waals surface area contributed by atoms with Gasteiger partial charge in [0.05, 0.1) is 7.11 Å². The molecule has 100 valence electrons. The van der Waals surface area contributed by atoms with Gasteiger partial charge in [-0.2, -0.15) is 0 Å². The predicted molar refractivity (Wildman–Crippen MR) is 75.9 cm³/mol. The van der Waals surface area contributed by atoms with Crippen LogP contribution in [0.1, 0.15) is 31.4 Å². The van der Waals surface area contributed by atoms with Crippen LogP contribution in [0.4, 0.5) is 0 Å². The van der Waals surface area contributed by atoms with Crippen LogP contribution in [-0.4, -0.2) is 25.4 Å². The molecule has 0 unspecified atom stereocenters. The monoisotopic (exact) mass is 313 g/mol. The number of rotatable bonds is 6. The van der Waals surface area contributed by atoms with Crippen LogP contribution in [0.25, 0.3) is 0 Å². The summed E-state index contributed by atoms with van der Waals surface area (Å²) >= 11 is 3.57. The van der Waals surface area contributed by atoms with Gasteiger partial charge in [0.2, 0.25) is 0 Å². The largest absolute Gasteiger partial charge is 0.497 e. The summed E-state index contributed by atoms with van der Waals surface area (Å²) in [5.41, 5.74) is 1.36. The number of methoxy groups -OCH3 is 1. The number of halogens is 1. The number of ether oxygens (including phenoxy) is 1. The average molecular weight is 314 g/mol. The van der Waals surface area contributed by atoms with E-state index in [9.17, 15) is 5.11 Å². The van der Waals surface area contributed by atoms with Crippen molar-refractivity contribution in [1.29, 1.82) is 0 Å². The topological polar surface area (TPSA) is 41.5 Å². The highest BCUT2D eigenvalue weighted by Crippen LogP contribution is 2.44. The maximum atomic E-state index is 9.30. The first-order chi connectivity index (χ1) is 8.60. The van der Waals surface area contributed by atoms with E-state index in [1.807, 2.05) is 12.1 Å². The predicted octanol–water partition coefficient (Wildman–Crippen LogP) is 2.88. The van der Waals surface area contributed by atoms with Crippen LogP contribution in [0.3, 0.4) is 0 Å². The van der Waals surface area contributed by atoms with E-state index >= 15 is 0 Å². The summed E-state index contributed by atoms with van der Waals surface area (Å²) in [5, 5.41) is 12.8. The van der Waals surface area contributed by atoms with Crippen molar-refractivity contribution >= 4 is 15.9 Å². The van der Waals surface area contributed by atoms with Crippen LogP contribution in [0.5, 0.6) is 5.75 Å². The van der Waals surface area contributed by atoms with Gasteiger partial charge in [0.25, 0.3) is 0 Å². The first-order valence-corrected chi connectivity index (χ1v) is 7.07. The fourth-order valence-electron chi connectivity index (χ4n) is 2.03. The van der Waals surface area contributed by atoms with E-state index < -0.39 is 0 Å². The first kappa shape index (κ1) is 13.8. The van der Waals surface area contributed by atoms with Crippen molar-refractivity contribution in [2.45, 2.75) is 25.8 Å². The Morgan fingerprint density at radius 2 is 2.22 bits per heavy atom. The molecule has 3 nitrogen and oxygen atoms in total. The van der Waals surface area contributed by atoms with Crippen molar-refractivity contribution in [2.24, 2.45) is 5.41 Å². The highest BCUT2D eigenvalue weighted by molar-refractivity contribution is 9.10. The van der Waals surface area contributed by atoms with Gasteiger partial charge < -0.3 is 15.2 Å². The third-order valence-electron chi connectivity index (χ3n) is 3.75. The summed E-state index contributed by atoms with van der Waals surface area (Å²) in [6, 6.07) is 6.28. The van der Waals surface area contributed by atoms with Crippen molar-refractivity contribution in [3.63, 3.8) is 0 Å². The van der Waals surface area contributed by atoms with E-state index in [0.717, 1.165) is 29.6 Å². The molecule has 2 rings (SSSR count). The van der Waals surface area contributed by atoms with Crippen molar-refractivity contribution in [3.8, 4) is 5.75 Å². The molecule has 1 aromatic rings. The van der Waals surface area contributed by atoms with Gasteiger partial charge in [-0.05, 0) is 37.5 Å². The standard InChI is InChI=1S/C14H20BrNO2/c1-10(16-8-14(9-17)5-6-14)12-4-3-11(18-2)7-13(12)15/h3-4,7,10,16-17H,5-6,8-9H2,1-2H3/t10-/m1/s1. The molecule has 0 amide bonds. The van der Waals surface area contributed by atoms with Crippen LogP contribution in [0.2, 0.25) is 0 Å². The molecule has 1 aromatic carbocycles. The van der Waals surface area contributed by atoms with E-state index in [1.165, 1.54) is 5.56 Å². The molecule has 0 heterocycles. The highest BCUT2D eigenvalue weighted by atomic mass is 79.9. The van der Waals surface area contributed by atoms with Gasteiger partial charge in [0.15, 0.2) is 0 Å². The minimum atomic E-state index is 0.146. The number of hydrogen-bond donors (Lipinski definition) is 2. The normalized spacial score (nSPS) is 18.4. The van der Waals surface area contributed by atoms with Crippen LogP contribution >= 0.6 is 15.9 Å². The van der Waals surface area contributed by atoms with E-state index in [2.05, 4.69) is 34.2 Å². The number of benzene rings is 1. The van der Waals surface area contributed by atoms with Gasteiger partial charge >= 0.3 is 0 Å². The lowest BCUT2D eigenvalue weighted by Crippen LogP contribution is -2.29. The van der Waals surface area contributed by atoms with Crippen molar-refractivity contribution in [1.82, 2.24) is 5.32 Å². The summed E-state index contributed by atoms with van der Waals surface area (Å²) in [7, 11) is 1.67. The molecule has 1 atom stereocenters. The molecule has 18 heavy (non-hydrogen) atoms. The molecular formula is C14H20BrNO2. The molecule has 4 heteroatoms. The van der Waals surface area contributed by atoms with E-state index in [-0.39, 0.29) is 18.1 Å². The smallest absolute Gasteiger partial charge is 0.120 e. The van der Waals surface area contributed by atoms with Crippen molar-refractivity contribution < 1.29 is 9.84 Å². The second-order valence-corrected chi connectivity index (χ2v) is 6.00. The number of hydrogen-bond acceptors (Lipinski definition) is 3. The zero-order valence-electron chi connectivity index (χ0n) is 10.9. The summed E-state index contributed by atoms with van der Waals surface area (Å²) in [6.45, 7) is 3.31. The summed E-state index contributed by atoms with van der Waals surface area (Å²) in [4.78, 5) is 0. The average Bonchev–Trinajstić information content (AvgIpc) is 3.16. The molecule has 2 N–H and O–H groups in total. The molecule has 0 radical (unpaired) electrons. The van der Waals surface area contributed by atoms with Crippen molar-refractivity contribution in [2.75, 3.05) is 20.3 Å². The first-order valence-electron chi connectivity index (χ1n) is 6.28. The maximum Gasteiger partial charge on any atom is 0.120 e. The lowest BCUT2D eigenvalue weighted by atomic mass is 10.1. The Morgan fingerprint density at radius 3 is 2.72 bits per heavy atom. The van der Waals surface area contributed by atoms with Crippen LogP contribution in [0, 0.1) is 5.41 Å². The van der Waals surface area contributed by atoms with Crippen LogP contribution in [-0.2, 0) is 0 Å². The Morgan fingerprint density at radius 1 is 1.50 bits per heavy atom. The second-order valence-electron chi connectivity index (χ2n) is 5.15. The third kappa shape index (κ3) is 3.05. The maximum absolute atomic E-state index is 9.30. The number of aliphatic hydroxyl groups excluding tert-OH is 1. The summed E-state index contributed by atoms with van der Waals surface area (Å²) in [5.74, 6) is 0.854. The van der Waals surface area contributed by atoms with Gasteiger partial charge in [-0.1, -0.05) is 22.0 Å². The summed E-state index contributed by atoms with van der Waals surface area (Å²) < 4.78 is 6.24. The van der Waals surface area contributed by atoms with E-state index in [1.54, 1.807) is 7.11 Å². The quantitative estimate of drug-likeness (QED) is 0.848.